The number of carbonyl (C=O) groups excluding carboxylic acids is 2. The first-order valence-electron chi connectivity index (χ1n) is 8.75. The molecule has 0 unspecified atom stereocenters. The number of ether oxygens (including phenoxy) is 1. The van der Waals surface area contributed by atoms with Crippen molar-refractivity contribution in [2.75, 3.05) is 13.7 Å². The number of benzene rings is 1. The topological polar surface area (TPSA) is 86.1 Å². The number of nitrogens with one attached hydrogen (secondary N) is 1. The molecule has 0 aliphatic heterocycles. The third-order valence-corrected chi connectivity index (χ3v) is 3.97. The highest BCUT2D eigenvalue weighted by Gasteiger charge is 2.11. The van der Waals surface area contributed by atoms with E-state index in [1.807, 2.05) is 48.7 Å². The Morgan fingerprint density at radius 1 is 1.18 bits per heavy atom. The molecule has 3 aromatic rings. The first kappa shape index (κ1) is 19.0. The summed E-state index contributed by atoms with van der Waals surface area (Å²) in [4.78, 5) is 27.3. The lowest BCUT2D eigenvalue weighted by Gasteiger charge is -2.01. The number of aromatic nitrogens is 3. The van der Waals surface area contributed by atoms with Crippen LogP contribution in [0.3, 0.4) is 0 Å². The van der Waals surface area contributed by atoms with Gasteiger partial charge >= 0.3 is 5.97 Å². The van der Waals surface area contributed by atoms with Crippen molar-refractivity contribution in [2.24, 2.45) is 0 Å². The number of rotatable bonds is 7. The predicted molar refractivity (Wildman–Crippen MR) is 105 cm³/mol. The molecule has 0 spiro atoms. The summed E-state index contributed by atoms with van der Waals surface area (Å²) in [6, 6.07) is 13.5. The molecule has 7 nitrogen and oxygen atoms in total. The average Bonchev–Trinajstić information content (AvgIpc) is 3.17. The number of carbonyl (C=O) groups is 2. The first-order chi connectivity index (χ1) is 13.7. The number of hydrogen-bond acceptors (Lipinski definition) is 5. The van der Waals surface area contributed by atoms with Crippen molar-refractivity contribution in [3.05, 3.63) is 72.7 Å². The summed E-state index contributed by atoms with van der Waals surface area (Å²) in [5.41, 5.74) is 3.26. The van der Waals surface area contributed by atoms with Crippen LogP contribution in [0.1, 0.15) is 12.0 Å². The third-order valence-electron chi connectivity index (χ3n) is 3.97. The van der Waals surface area contributed by atoms with Gasteiger partial charge in [-0.2, -0.15) is 5.10 Å². The quantitative estimate of drug-likeness (QED) is 0.506. The zero-order valence-electron chi connectivity index (χ0n) is 15.4. The van der Waals surface area contributed by atoms with Gasteiger partial charge < -0.3 is 10.1 Å². The van der Waals surface area contributed by atoms with Crippen molar-refractivity contribution in [3.8, 4) is 16.9 Å². The van der Waals surface area contributed by atoms with E-state index < -0.39 is 0 Å². The van der Waals surface area contributed by atoms with Gasteiger partial charge in [0.25, 0.3) is 0 Å². The maximum absolute atomic E-state index is 12.0. The number of pyridine rings is 1. The third kappa shape index (κ3) is 4.91. The molecular formula is C21H20N4O3. The minimum Gasteiger partial charge on any atom is -0.469 e. The summed E-state index contributed by atoms with van der Waals surface area (Å²) in [6.07, 6.45) is 8.53. The lowest BCUT2D eigenvalue weighted by atomic mass is 10.1. The van der Waals surface area contributed by atoms with Crippen LogP contribution in [0, 0.1) is 0 Å². The standard InChI is InChI=1S/C21H20N4O3/c1-28-20(27)11-13-23-19(26)10-9-17-15-25(18-7-3-2-4-8-18)24-21(17)16-6-5-12-22-14-16/h2-10,12,14-15H,11,13H2,1H3,(H,23,26)/b10-9+. The molecule has 28 heavy (non-hydrogen) atoms. The van der Waals surface area contributed by atoms with E-state index in [0.29, 0.717) is 0 Å². The largest absolute Gasteiger partial charge is 0.469 e. The lowest BCUT2D eigenvalue weighted by molar-refractivity contribution is -0.140. The van der Waals surface area contributed by atoms with Gasteiger partial charge in [0, 0.05) is 42.3 Å². The van der Waals surface area contributed by atoms with Crippen LogP contribution < -0.4 is 5.32 Å². The molecular weight excluding hydrogens is 356 g/mol. The SMILES string of the molecule is COC(=O)CCNC(=O)/C=C/c1cn(-c2ccccc2)nc1-c1cccnc1. The first-order valence-corrected chi connectivity index (χ1v) is 8.75. The Morgan fingerprint density at radius 2 is 2.00 bits per heavy atom. The molecule has 0 aliphatic carbocycles. The van der Waals surface area contributed by atoms with E-state index in [-0.39, 0.29) is 24.8 Å². The number of hydrogen-bond donors (Lipinski definition) is 1. The molecule has 0 bridgehead atoms. The van der Waals surface area contributed by atoms with Crippen LogP contribution in [0.5, 0.6) is 0 Å². The molecule has 0 fully saturated rings. The van der Waals surface area contributed by atoms with Crippen LogP contribution in [0.25, 0.3) is 23.0 Å². The van der Waals surface area contributed by atoms with Gasteiger partial charge in [0.1, 0.15) is 5.69 Å². The van der Waals surface area contributed by atoms with Crippen LogP contribution in [-0.4, -0.2) is 40.3 Å². The Morgan fingerprint density at radius 3 is 2.71 bits per heavy atom. The predicted octanol–water partition coefficient (Wildman–Crippen LogP) is 2.63. The highest BCUT2D eigenvalue weighted by atomic mass is 16.5. The summed E-state index contributed by atoms with van der Waals surface area (Å²) in [6.45, 7) is 0.217. The van der Waals surface area contributed by atoms with Gasteiger partial charge in [-0.25, -0.2) is 4.68 Å². The molecule has 0 saturated carbocycles. The monoisotopic (exact) mass is 376 g/mol. The van der Waals surface area contributed by atoms with Gasteiger partial charge in [-0.05, 0) is 30.3 Å². The second-order valence-corrected chi connectivity index (χ2v) is 5.91. The van der Waals surface area contributed by atoms with Crippen molar-refractivity contribution in [2.45, 2.75) is 6.42 Å². The molecule has 0 aliphatic rings. The van der Waals surface area contributed by atoms with Crippen LogP contribution in [0.4, 0.5) is 0 Å². The van der Waals surface area contributed by atoms with E-state index in [1.54, 1.807) is 23.2 Å². The summed E-state index contributed by atoms with van der Waals surface area (Å²) >= 11 is 0. The summed E-state index contributed by atoms with van der Waals surface area (Å²) in [5.74, 6) is -0.666. The number of amides is 1. The van der Waals surface area contributed by atoms with Gasteiger partial charge in [-0.15, -0.1) is 0 Å². The Balaban J connectivity index is 1.82. The molecule has 0 atom stereocenters. The molecule has 0 radical (unpaired) electrons. The normalized spacial score (nSPS) is 10.8. The van der Waals surface area contributed by atoms with E-state index in [2.05, 4.69) is 20.1 Å². The van der Waals surface area contributed by atoms with Gasteiger partial charge in [0.2, 0.25) is 5.91 Å². The van der Waals surface area contributed by atoms with Crippen LogP contribution in [0.2, 0.25) is 0 Å². The highest BCUT2D eigenvalue weighted by Crippen LogP contribution is 2.24. The van der Waals surface area contributed by atoms with E-state index in [9.17, 15) is 9.59 Å². The molecule has 7 heteroatoms. The Labute approximate surface area is 162 Å². The molecule has 2 heterocycles. The van der Waals surface area contributed by atoms with Crippen molar-refractivity contribution < 1.29 is 14.3 Å². The molecule has 1 aromatic carbocycles. The zero-order chi connectivity index (χ0) is 19.8. The van der Waals surface area contributed by atoms with Crippen molar-refractivity contribution in [1.29, 1.82) is 0 Å². The zero-order valence-corrected chi connectivity index (χ0v) is 15.4. The lowest BCUT2D eigenvalue weighted by Crippen LogP contribution is -2.24. The van der Waals surface area contributed by atoms with Gasteiger partial charge in [0.15, 0.2) is 0 Å². The second-order valence-electron chi connectivity index (χ2n) is 5.91. The molecule has 1 N–H and O–H groups in total. The average molecular weight is 376 g/mol. The second kappa shape index (κ2) is 9.27. The van der Waals surface area contributed by atoms with Gasteiger partial charge in [-0.1, -0.05) is 18.2 Å². The van der Waals surface area contributed by atoms with Crippen molar-refractivity contribution >= 4 is 18.0 Å². The van der Waals surface area contributed by atoms with E-state index in [0.717, 1.165) is 22.5 Å². The number of esters is 1. The maximum atomic E-state index is 12.0. The number of methoxy groups -OCH3 is 1. The van der Waals surface area contributed by atoms with Gasteiger partial charge in [-0.3, -0.25) is 14.6 Å². The minimum atomic E-state index is -0.368. The fourth-order valence-electron chi connectivity index (χ4n) is 2.56. The smallest absolute Gasteiger partial charge is 0.307 e. The Hall–Kier alpha value is -3.74. The van der Waals surface area contributed by atoms with Crippen LogP contribution in [-0.2, 0) is 14.3 Å². The molecule has 2 aromatic heterocycles. The maximum Gasteiger partial charge on any atom is 0.307 e. The molecule has 3 rings (SSSR count). The fraction of sp³-hybridized carbons (Fsp3) is 0.143. The molecule has 1 amide bonds. The van der Waals surface area contributed by atoms with E-state index in [1.165, 1.54) is 13.2 Å². The minimum absolute atomic E-state index is 0.128. The molecule has 142 valence electrons. The van der Waals surface area contributed by atoms with E-state index in [4.69, 9.17) is 0 Å². The van der Waals surface area contributed by atoms with Crippen LogP contribution >= 0.6 is 0 Å². The summed E-state index contributed by atoms with van der Waals surface area (Å²) in [7, 11) is 1.31. The van der Waals surface area contributed by atoms with E-state index >= 15 is 0 Å². The van der Waals surface area contributed by atoms with Crippen molar-refractivity contribution in [3.63, 3.8) is 0 Å². The molecule has 0 saturated heterocycles. The fourth-order valence-corrected chi connectivity index (χ4v) is 2.56. The number of para-hydroxylation sites is 1. The van der Waals surface area contributed by atoms with Crippen LogP contribution in [0.15, 0.2) is 67.1 Å². The van der Waals surface area contributed by atoms with Gasteiger partial charge in [0.05, 0.1) is 19.2 Å². The highest BCUT2D eigenvalue weighted by molar-refractivity contribution is 5.93. The summed E-state index contributed by atoms with van der Waals surface area (Å²) in [5, 5.41) is 7.31. The van der Waals surface area contributed by atoms with Crippen molar-refractivity contribution in [1.82, 2.24) is 20.1 Å². The summed E-state index contributed by atoms with van der Waals surface area (Å²) < 4.78 is 6.31. The Bertz CT molecular complexity index is 966. The Kier molecular flexibility index (Phi) is 6.30. The number of nitrogens with zero attached hydrogens (tertiary/aromatic N) is 3.